The number of hydrogen-bond donors (Lipinski definition) is 2. The van der Waals surface area contributed by atoms with E-state index in [0.717, 1.165) is 24.4 Å². The minimum absolute atomic E-state index is 0.00267. The molecular weight excluding hydrogens is 302 g/mol. The molecule has 1 aliphatic rings. The Bertz CT molecular complexity index is 724. The predicted molar refractivity (Wildman–Crippen MR) is 94.4 cm³/mol. The summed E-state index contributed by atoms with van der Waals surface area (Å²) in [5.74, 6) is 1.76. The number of aryl methyl sites for hydroxylation is 1. The van der Waals surface area contributed by atoms with Crippen molar-refractivity contribution in [1.29, 1.82) is 0 Å². The zero-order valence-corrected chi connectivity index (χ0v) is 14.3. The molecule has 2 heterocycles. The highest BCUT2D eigenvalue weighted by atomic mass is 16.5. The van der Waals surface area contributed by atoms with Crippen molar-refractivity contribution >= 4 is 11.6 Å². The smallest absolute Gasteiger partial charge is 0.227 e. The minimum Gasteiger partial charge on any atom is -0.439 e. The zero-order valence-electron chi connectivity index (χ0n) is 14.3. The van der Waals surface area contributed by atoms with Crippen LogP contribution in [0.5, 0.6) is 11.6 Å². The standard InChI is InChI=1S/C19H23N3O2/c1-12-5-4-6-17(13(12)2)24-18-8-7-16(11-21-18)22-19(23)14(3)15-9-20-10-15/h4-8,11,14-15,20H,9-10H2,1-3H3,(H,22,23). The van der Waals surface area contributed by atoms with E-state index < -0.39 is 0 Å². The summed E-state index contributed by atoms with van der Waals surface area (Å²) >= 11 is 0. The first-order chi connectivity index (χ1) is 11.5. The molecule has 1 unspecified atom stereocenters. The van der Waals surface area contributed by atoms with Crippen molar-refractivity contribution in [3.63, 3.8) is 0 Å². The fourth-order valence-corrected chi connectivity index (χ4v) is 2.60. The highest BCUT2D eigenvalue weighted by Crippen LogP contribution is 2.26. The SMILES string of the molecule is Cc1cccc(Oc2ccc(NC(=O)C(C)C3CNC3)cn2)c1C. The van der Waals surface area contributed by atoms with Crippen molar-refractivity contribution in [1.82, 2.24) is 10.3 Å². The Kier molecular flexibility index (Phi) is 4.81. The van der Waals surface area contributed by atoms with Crippen LogP contribution in [-0.4, -0.2) is 24.0 Å². The Morgan fingerprint density at radius 2 is 2.08 bits per heavy atom. The van der Waals surface area contributed by atoms with Crippen LogP contribution in [0.15, 0.2) is 36.5 Å². The van der Waals surface area contributed by atoms with Crippen molar-refractivity contribution < 1.29 is 9.53 Å². The molecule has 0 bridgehead atoms. The van der Waals surface area contributed by atoms with Crippen molar-refractivity contribution in [3.8, 4) is 11.6 Å². The van der Waals surface area contributed by atoms with Gasteiger partial charge in [-0.1, -0.05) is 19.1 Å². The molecule has 2 aromatic rings. The van der Waals surface area contributed by atoms with Crippen molar-refractivity contribution in [3.05, 3.63) is 47.7 Å². The van der Waals surface area contributed by atoms with Gasteiger partial charge >= 0.3 is 0 Å². The third-order valence-corrected chi connectivity index (χ3v) is 4.71. The van der Waals surface area contributed by atoms with Gasteiger partial charge in [-0.15, -0.1) is 0 Å². The molecule has 1 saturated heterocycles. The Morgan fingerprint density at radius 1 is 1.29 bits per heavy atom. The number of rotatable bonds is 5. The monoisotopic (exact) mass is 325 g/mol. The lowest BCUT2D eigenvalue weighted by Crippen LogP contribution is -2.48. The van der Waals surface area contributed by atoms with Crippen LogP contribution >= 0.6 is 0 Å². The average Bonchev–Trinajstić information content (AvgIpc) is 2.52. The van der Waals surface area contributed by atoms with Crippen LogP contribution in [-0.2, 0) is 4.79 Å². The van der Waals surface area contributed by atoms with Gasteiger partial charge in [0, 0.05) is 12.0 Å². The minimum atomic E-state index is -0.00267. The van der Waals surface area contributed by atoms with E-state index in [0.29, 0.717) is 17.5 Å². The maximum absolute atomic E-state index is 12.2. The highest BCUT2D eigenvalue weighted by Gasteiger charge is 2.28. The Balaban J connectivity index is 1.62. The second kappa shape index (κ2) is 7.01. The van der Waals surface area contributed by atoms with Crippen molar-refractivity contribution in [2.24, 2.45) is 11.8 Å². The van der Waals surface area contributed by atoms with Gasteiger partial charge in [-0.05, 0) is 56.1 Å². The molecule has 5 nitrogen and oxygen atoms in total. The number of carbonyl (C=O) groups is 1. The van der Waals surface area contributed by atoms with E-state index >= 15 is 0 Å². The van der Waals surface area contributed by atoms with Crippen LogP contribution in [0.4, 0.5) is 5.69 Å². The maximum atomic E-state index is 12.2. The number of anilines is 1. The number of carbonyl (C=O) groups excluding carboxylic acids is 1. The van der Waals surface area contributed by atoms with Crippen LogP contribution in [0.1, 0.15) is 18.1 Å². The summed E-state index contributed by atoms with van der Waals surface area (Å²) in [5, 5.41) is 6.11. The molecule has 1 aromatic carbocycles. The molecule has 1 fully saturated rings. The number of nitrogens with zero attached hydrogens (tertiary/aromatic N) is 1. The molecule has 0 spiro atoms. The van der Waals surface area contributed by atoms with Gasteiger partial charge in [-0.25, -0.2) is 4.98 Å². The third kappa shape index (κ3) is 3.57. The maximum Gasteiger partial charge on any atom is 0.227 e. The molecular formula is C19H23N3O2. The summed E-state index contributed by atoms with van der Waals surface area (Å²) in [6.45, 7) is 7.86. The molecule has 1 atom stereocenters. The van der Waals surface area contributed by atoms with Crippen molar-refractivity contribution in [2.75, 3.05) is 18.4 Å². The van der Waals surface area contributed by atoms with Gasteiger partial charge in [0.25, 0.3) is 0 Å². The Morgan fingerprint density at radius 3 is 2.71 bits per heavy atom. The predicted octanol–water partition coefficient (Wildman–Crippen LogP) is 3.28. The van der Waals surface area contributed by atoms with Gasteiger partial charge in [-0.3, -0.25) is 4.79 Å². The fourth-order valence-electron chi connectivity index (χ4n) is 2.60. The van der Waals surface area contributed by atoms with E-state index in [-0.39, 0.29) is 11.8 Å². The lowest BCUT2D eigenvalue weighted by Gasteiger charge is -2.31. The highest BCUT2D eigenvalue weighted by molar-refractivity contribution is 5.92. The van der Waals surface area contributed by atoms with E-state index in [1.807, 2.05) is 45.0 Å². The third-order valence-electron chi connectivity index (χ3n) is 4.71. The van der Waals surface area contributed by atoms with Crippen LogP contribution in [0, 0.1) is 25.7 Å². The zero-order chi connectivity index (χ0) is 17.1. The molecule has 1 aliphatic heterocycles. The van der Waals surface area contributed by atoms with Gasteiger partial charge in [0.05, 0.1) is 11.9 Å². The van der Waals surface area contributed by atoms with E-state index in [2.05, 4.69) is 15.6 Å². The second-order valence-electron chi connectivity index (χ2n) is 6.38. The van der Waals surface area contributed by atoms with Gasteiger partial charge in [-0.2, -0.15) is 0 Å². The molecule has 0 radical (unpaired) electrons. The van der Waals surface area contributed by atoms with Crippen LogP contribution in [0.2, 0.25) is 0 Å². The number of aromatic nitrogens is 1. The summed E-state index contributed by atoms with van der Waals surface area (Å²) in [7, 11) is 0. The lowest BCUT2D eigenvalue weighted by atomic mass is 9.88. The van der Waals surface area contributed by atoms with Gasteiger partial charge in [0.15, 0.2) is 0 Å². The number of ether oxygens (including phenoxy) is 1. The van der Waals surface area contributed by atoms with Crippen molar-refractivity contribution in [2.45, 2.75) is 20.8 Å². The summed E-state index contributed by atoms with van der Waals surface area (Å²) in [4.78, 5) is 16.5. The lowest BCUT2D eigenvalue weighted by molar-refractivity contribution is -0.121. The first-order valence-corrected chi connectivity index (χ1v) is 8.26. The van der Waals surface area contributed by atoms with E-state index in [1.54, 1.807) is 12.3 Å². The molecule has 0 saturated carbocycles. The molecule has 0 aliphatic carbocycles. The Hall–Kier alpha value is -2.40. The first kappa shape index (κ1) is 16.5. The number of hydrogen-bond acceptors (Lipinski definition) is 4. The van der Waals surface area contributed by atoms with Gasteiger partial charge < -0.3 is 15.4 Å². The quantitative estimate of drug-likeness (QED) is 0.885. The first-order valence-electron chi connectivity index (χ1n) is 8.26. The second-order valence-corrected chi connectivity index (χ2v) is 6.38. The number of nitrogens with one attached hydrogen (secondary N) is 2. The van der Waals surface area contributed by atoms with Crippen LogP contribution in [0.25, 0.3) is 0 Å². The van der Waals surface area contributed by atoms with E-state index in [4.69, 9.17) is 4.74 Å². The Labute approximate surface area is 142 Å². The summed E-state index contributed by atoms with van der Waals surface area (Å²) < 4.78 is 5.83. The number of benzene rings is 1. The summed E-state index contributed by atoms with van der Waals surface area (Å²) in [6, 6.07) is 9.52. The number of pyridine rings is 1. The molecule has 126 valence electrons. The molecule has 5 heteroatoms. The molecule has 1 amide bonds. The summed E-state index contributed by atoms with van der Waals surface area (Å²) in [5.41, 5.74) is 2.96. The normalized spacial score (nSPS) is 15.5. The van der Waals surface area contributed by atoms with Crippen LogP contribution < -0.4 is 15.4 Å². The van der Waals surface area contributed by atoms with Gasteiger partial charge in [0.2, 0.25) is 11.8 Å². The van der Waals surface area contributed by atoms with E-state index in [1.165, 1.54) is 5.56 Å². The topological polar surface area (TPSA) is 63.2 Å². The fraction of sp³-hybridized carbons (Fsp3) is 0.368. The molecule has 24 heavy (non-hydrogen) atoms. The van der Waals surface area contributed by atoms with E-state index in [9.17, 15) is 4.79 Å². The average molecular weight is 325 g/mol. The molecule has 2 N–H and O–H groups in total. The molecule has 3 rings (SSSR count). The summed E-state index contributed by atoms with van der Waals surface area (Å²) in [6.07, 6.45) is 1.63. The molecule has 1 aromatic heterocycles. The largest absolute Gasteiger partial charge is 0.439 e. The van der Waals surface area contributed by atoms with Crippen LogP contribution in [0.3, 0.4) is 0 Å². The van der Waals surface area contributed by atoms with Gasteiger partial charge in [0.1, 0.15) is 5.75 Å². The number of amides is 1.